The van der Waals surface area contributed by atoms with Crippen LogP contribution in [0, 0.1) is 45.3 Å². The monoisotopic (exact) mass is 890 g/mol. The van der Waals surface area contributed by atoms with Crippen molar-refractivity contribution < 1.29 is 0 Å². The topological polar surface area (TPSA) is 131 Å². The van der Waals surface area contributed by atoms with Gasteiger partial charge in [0.1, 0.15) is 0 Å². The Morgan fingerprint density at radius 2 is 0.714 bits per heavy atom. The normalized spacial score (nSPS) is 11.1. The molecule has 0 saturated carbocycles. The smallest absolute Gasteiger partial charge is 0.161 e. The summed E-state index contributed by atoms with van der Waals surface area (Å²) in [7, 11) is 0. The summed E-state index contributed by atoms with van der Waals surface area (Å²) in [5.74, 6) is 0.357. The quantitative estimate of drug-likeness (QED) is 0.157. The predicted octanol–water partition coefficient (Wildman–Crippen LogP) is 14.5. The van der Waals surface area contributed by atoms with Gasteiger partial charge >= 0.3 is 0 Å². The molecule has 0 N–H and O–H groups in total. The van der Waals surface area contributed by atoms with Gasteiger partial charge in [-0.05, 0) is 96.1 Å². The first-order chi connectivity index (χ1) is 34.5. The summed E-state index contributed by atoms with van der Waals surface area (Å²) in [5.41, 5.74) is 14.3. The molecule has 8 nitrogen and oxygen atoms in total. The molecule has 12 rings (SSSR count). The van der Waals surface area contributed by atoms with E-state index in [1.165, 1.54) is 10.8 Å². The van der Waals surface area contributed by atoms with Crippen molar-refractivity contribution >= 4 is 43.6 Å². The lowest BCUT2D eigenvalue weighted by Crippen LogP contribution is -1.98. The molecule has 9 aromatic carbocycles. The number of nitriles is 4. The van der Waals surface area contributed by atoms with Crippen molar-refractivity contribution in [2.45, 2.75) is 0 Å². The van der Waals surface area contributed by atoms with Crippen molar-refractivity contribution in [1.29, 1.82) is 21.0 Å². The number of para-hydroxylation sites is 3. The maximum absolute atomic E-state index is 10.6. The van der Waals surface area contributed by atoms with E-state index in [9.17, 15) is 21.0 Å². The van der Waals surface area contributed by atoms with Gasteiger partial charge in [0, 0.05) is 60.7 Å². The van der Waals surface area contributed by atoms with Gasteiger partial charge in [-0.2, -0.15) is 21.0 Å². The molecule has 0 amide bonds. The highest BCUT2D eigenvalue weighted by Gasteiger charge is 2.20. The molecule has 0 unspecified atom stereocenters. The zero-order valence-electron chi connectivity index (χ0n) is 37.2. The second kappa shape index (κ2) is 16.8. The van der Waals surface area contributed by atoms with Crippen LogP contribution in [0.15, 0.2) is 206 Å². The van der Waals surface area contributed by atoms with Crippen LogP contribution in [0.4, 0.5) is 0 Å². The zero-order chi connectivity index (χ0) is 47.3. The number of aromatic nitrogens is 4. The van der Waals surface area contributed by atoms with E-state index in [1.54, 1.807) is 36.4 Å². The third kappa shape index (κ3) is 6.73. The summed E-state index contributed by atoms with van der Waals surface area (Å²) < 4.78 is 4.62. The molecule has 0 aliphatic rings. The number of benzene rings is 9. The van der Waals surface area contributed by atoms with E-state index in [-0.39, 0.29) is 0 Å². The van der Waals surface area contributed by atoms with Gasteiger partial charge in [0.2, 0.25) is 0 Å². The van der Waals surface area contributed by atoms with Crippen LogP contribution >= 0.6 is 0 Å². The molecule has 0 spiro atoms. The van der Waals surface area contributed by atoms with Gasteiger partial charge in [-0.25, -0.2) is 9.97 Å². The van der Waals surface area contributed by atoms with Crippen LogP contribution in [-0.2, 0) is 0 Å². The van der Waals surface area contributed by atoms with E-state index < -0.39 is 0 Å². The lowest BCUT2D eigenvalue weighted by Gasteiger charge is -2.13. The number of hydrogen-bond donors (Lipinski definition) is 0. The number of hydrogen-bond acceptors (Lipinski definition) is 6. The van der Waals surface area contributed by atoms with Crippen molar-refractivity contribution in [3.8, 4) is 91.8 Å². The molecule has 0 aliphatic carbocycles. The fraction of sp³-hybridized carbons (Fsp3) is 0. The minimum Gasteiger partial charge on any atom is -0.309 e. The van der Waals surface area contributed by atoms with Crippen molar-refractivity contribution in [3.05, 3.63) is 229 Å². The molecule has 0 bridgehead atoms. The molecule has 3 aromatic heterocycles. The van der Waals surface area contributed by atoms with Crippen molar-refractivity contribution in [3.63, 3.8) is 0 Å². The van der Waals surface area contributed by atoms with Crippen molar-refractivity contribution in [1.82, 2.24) is 19.1 Å². The predicted molar refractivity (Wildman–Crippen MR) is 277 cm³/mol. The molecular weight excluding hydrogens is 857 g/mol. The van der Waals surface area contributed by atoms with Crippen LogP contribution in [0.1, 0.15) is 22.3 Å². The van der Waals surface area contributed by atoms with E-state index in [2.05, 4.69) is 137 Å². The van der Waals surface area contributed by atoms with Crippen LogP contribution < -0.4 is 0 Å². The van der Waals surface area contributed by atoms with Gasteiger partial charge in [0.05, 0.1) is 80.0 Å². The largest absolute Gasteiger partial charge is 0.309 e. The Morgan fingerprint density at radius 3 is 1.29 bits per heavy atom. The number of rotatable bonds is 7. The second-order valence-electron chi connectivity index (χ2n) is 17.0. The molecule has 322 valence electrons. The summed E-state index contributed by atoms with van der Waals surface area (Å²) in [5, 5.41) is 45.7. The highest BCUT2D eigenvalue weighted by atomic mass is 15.0. The third-order valence-electron chi connectivity index (χ3n) is 13.2. The van der Waals surface area contributed by atoms with Crippen LogP contribution in [-0.4, -0.2) is 19.1 Å². The van der Waals surface area contributed by atoms with Crippen LogP contribution in [0.25, 0.3) is 111 Å². The Bertz CT molecular complexity index is 4150. The molecular formula is C62H34N8. The lowest BCUT2D eigenvalue weighted by molar-refractivity contribution is 1.17. The molecule has 0 saturated heterocycles. The molecule has 0 fully saturated rings. The zero-order valence-corrected chi connectivity index (χ0v) is 37.2. The SMILES string of the molecule is N#Cc1cc(-c2ccc(-n3c4ccccc4c4cc(-n5c6ccccc6c6ccccc65)ccc43)cc2)c(C#N)cc1-c1ccc(-c2cc(-c3ccccc3C#N)nc(-c3ccccc3C#N)n2)cc1. The summed E-state index contributed by atoms with van der Waals surface area (Å²) in [6, 6.07) is 77.2. The van der Waals surface area contributed by atoms with Gasteiger partial charge in [-0.1, -0.05) is 121 Å². The van der Waals surface area contributed by atoms with E-state index in [4.69, 9.17) is 9.97 Å². The van der Waals surface area contributed by atoms with E-state index in [0.717, 1.165) is 60.9 Å². The van der Waals surface area contributed by atoms with Gasteiger partial charge in [-0.15, -0.1) is 0 Å². The fourth-order valence-electron chi connectivity index (χ4n) is 9.88. The molecule has 8 heteroatoms. The molecule has 0 radical (unpaired) electrons. The van der Waals surface area contributed by atoms with E-state index in [0.29, 0.717) is 61.7 Å². The second-order valence-corrected chi connectivity index (χ2v) is 17.0. The first-order valence-corrected chi connectivity index (χ1v) is 22.6. The first kappa shape index (κ1) is 41.1. The Kier molecular flexibility index (Phi) is 9.86. The summed E-state index contributed by atoms with van der Waals surface area (Å²) in [6.45, 7) is 0. The van der Waals surface area contributed by atoms with Gasteiger partial charge in [-0.3, -0.25) is 0 Å². The minimum absolute atomic E-state index is 0.357. The summed E-state index contributed by atoms with van der Waals surface area (Å²) >= 11 is 0. The minimum atomic E-state index is 0.357. The molecule has 3 heterocycles. The average Bonchev–Trinajstić information content (AvgIpc) is 3.95. The summed E-state index contributed by atoms with van der Waals surface area (Å²) in [6.07, 6.45) is 0. The van der Waals surface area contributed by atoms with Gasteiger partial charge in [0.15, 0.2) is 5.82 Å². The van der Waals surface area contributed by atoms with Crippen molar-refractivity contribution in [2.24, 2.45) is 0 Å². The molecule has 0 atom stereocenters. The van der Waals surface area contributed by atoms with E-state index in [1.807, 2.05) is 66.7 Å². The standard InChI is InChI=1S/C62H34N8/c63-35-42-11-1-3-13-48(42)57-34-56(67-62(68-57)49-14-4-2-12-43(49)36-64)41-23-21-39(22-24-41)53-31-45(38-66)54(32-44(53)37-65)40-25-27-46(28-26-40)69-60-20-10-7-17-52(60)55-33-47(29-30-61(55)69)70-58-18-8-5-15-50(58)51-16-6-9-19-59(51)70/h1-34H. The Hall–Kier alpha value is -10.4. The van der Waals surface area contributed by atoms with Gasteiger partial charge in [0.25, 0.3) is 0 Å². The third-order valence-corrected chi connectivity index (χ3v) is 13.2. The maximum atomic E-state index is 10.6. The Morgan fingerprint density at radius 1 is 0.300 bits per heavy atom. The highest BCUT2D eigenvalue weighted by molar-refractivity contribution is 6.12. The van der Waals surface area contributed by atoms with E-state index >= 15 is 0 Å². The number of fused-ring (bicyclic) bond motifs is 6. The highest BCUT2D eigenvalue weighted by Crippen LogP contribution is 2.39. The first-order valence-electron chi connectivity index (χ1n) is 22.6. The van der Waals surface area contributed by atoms with Gasteiger partial charge < -0.3 is 9.13 Å². The molecule has 70 heavy (non-hydrogen) atoms. The molecule has 12 aromatic rings. The van der Waals surface area contributed by atoms with Crippen molar-refractivity contribution in [2.75, 3.05) is 0 Å². The maximum Gasteiger partial charge on any atom is 0.161 e. The van der Waals surface area contributed by atoms with Crippen LogP contribution in [0.2, 0.25) is 0 Å². The average molecular weight is 891 g/mol. The summed E-state index contributed by atoms with van der Waals surface area (Å²) in [4.78, 5) is 9.75. The van der Waals surface area contributed by atoms with Crippen LogP contribution in [0.5, 0.6) is 0 Å². The number of nitrogens with zero attached hydrogens (tertiary/aromatic N) is 8. The lowest BCUT2D eigenvalue weighted by atomic mass is 9.91. The Labute approximate surface area is 402 Å². The fourth-order valence-corrected chi connectivity index (χ4v) is 9.88. The molecule has 0 aliphatic heterocycles. The van der Waals surface area contributed by atoms with Crippen LogP contribution in [0.3, 0.4) is 0 Å². The Balaban J connectivity index is 0.894.